The fourth-order valence-corrected chi connectivity index (χ4v) is 3.07. The maximum Gasteiger partial charge on any atom is 0.319 e. The van der Waals surface area contributed by atoms with Crippen LogP contribution >= 0.6 is 0 Å². The summed E-state index contributed by atoms with van der Waals surface area (Å²) in [7, 11) is 0. The second-order valence-corrected chi connectivity index (χ2v) is 5.91. The number of carbonyl (C=O) groups excluding carboxylic acids is 2. The van der Waals surface area contributed by atoms with E-state index < -0.39 is 6.04 Å². The number of unbranched alkanes of at least 4 members (excludes halogenated alkanes) is 2. The van der Waals surface area contributed by atoms with Crippen LogP contribution in [0.5, 0.6) is 0 Å². The molecule has 2 aliphatic rings. The van der Waals surface area contributed by atoms with Crippen molar-refractivity contribution in [2.45, 2.75) is 32.2 Å². The first-order valence-electron chi connectivity index (χ1n) is 7.95. The van der Waals surface area contributed by atoms with Crippen LogP contribution in [0.2, 0.25) is 0 Å². The van der Waals surface area contributed by atoms with E-state index in [2.05, 4.69) is 17.6 Å². The Kier molecular flexibility index (Phi) is 4.32. The Balaban J connectivity index is 1.84. The van der Waals surface area contributed by atoms with Crippen molar-refractivity contribution < 1.29 is 14.0 Å². The number of halogens is 1. The Labute approximate surface area is 134 Å². The summed E-state index contributed by atoms with van der Waals surface area (Å²) in [5.41, 5.74) is 1.93. The number of urea groups is 1. The molecule has 2 aliphatic heterocycles. The van der Waals surface area contributed by atoms with Gasteiger partial charge in [0, 0.05) is 6.54 Å². The quantitative estimate of drug-likeness (QED) is 0.820. The number of nitrogens with zero attached hydrogens (tertiary/aromatic N) is 1. The number of hydrogen-bond donors (Lipinski definition) is 2. The maximum atomic E-state index is 13.1. The van der Waals surface area contributed by atoms with Gasteiger partial charge in [0.05, 0.1) is 23.9 Å². The van der Waals surface area contributed by atoms with Crippen molar-refractivity contribution in [1.29, 1.82) is 0 Å². The number of carbonyl (C=O) groups is 2. The summed E-state index contributed by atoms with van der Waals surface area (Å²) in [4.78, 5) is 26.3. The molecule has 0 fully saturated rings. The molecule has 6 heteroatoms. The Morgan fingerprint density at radius 1 is 1.22 bits per heavy atom. The van der Waals surface area contributed by atoms with Gasteiger partial charge in [-0.3, -0.25) is 4.79 Å². The highest BCUT2D eigenvalue weighted by atomic mass is 19.1. The molecule has 0 aromatic heterocycles. The summed E-state index contributed by atoms with van der Waals surface area (Å²) in [6.07, 6.45) is 3.11. The van der Waals surface area contributed by atoms with Crippen molar-refractivity contribution >= 4 is 11.9 Å². The molecule has 0 spiro atoms. The predicted octanol–water partition coefficient (Wildman–Crippen LogP) is 2.47. The monoisotopic (exact) mass is 317 g/mol. The van der Waals surface area contributed by atoms with E-state index in [1.165, 1.54) is 12.1 Å². The van der Waals surface area contributed by atoms with E-state index in [1.807, 2.05) is 0 Å². The van der Waals surface area contributed by atoms with E-state index in [9.17, 15) is 14.0 Å². The Morgan fingerprint density at radius 2 is 1.96 bits per heavy atom. The van der Waals surface area contributed by atoms with Gasteiger partial charge in [-0.1, -0.05) is 31.9 Å². The van der Waals surface area contributed by atoms with Gasteiger partial charge in [-0.25, -0.2) is 9.18 Å². The van der Waals surface area contributed by atoms with Crippen LogP contribution in [-0.2, 0) is 4.79 Å². The molecule has 0 aliphatic carbocycles. The Bertz CT molecular complexity index is 654. The minimum absolute atomic E-state index is 0.0575. The molecule has 0 saturated heterocycles. The third kappa shape index (κ3) is 3.06. The van der Waals surface area contributed by atoms with E-state index in [0.717, 1.165) is 19.3 Å². The summed E-state index contributed by atoms with van der Waals surface area (Å²) >= 11 is 0. The van der Waals surface area contributed by atoms with Crippen LogP contribution < -0.4 is 10.6 Å². The smallest absolute Gasteiger partial charge is 0.319 e. The zero-order valence-corrected chi connectivity index (χ0v) is 13.1. The zero-order chi connectivity index (χ0) is 16.4. The number of benzene rings is 1. The molecule has 3 rings (SSSR count). The molecular weight excluding hydrogens is 297 g/mol. The van der Waals surface area contributed by atoms with Crippen molar-refractivity contribution in [1.82, 2.24) is 15.5 Å². The molecule has 0 radical (unpaired) electrons. The first-order valence-corrected chi connectivity index (χ1v) is 7.95. The lowest BCUT2D eigenvalue weighted by Crippen LogP contribution is -2.44. The Hall–Kier alpha value is -2.37. The first kappa shape index (κ1) is 15.5. The van der Waals surface area contributed by atoms with E-state index in [1.54, 1.807) is 17.0 Å². The van der Waals surface area contributed by atoms with E-state index >= 15 is 0 Å². The SMILES string of the molecule is CCCCCN1CC2=C(C1=O)[C@@H](c1ccc(F)cc1)NC(=O)N2. The second kappa shape index (κ2) is 6.40. The average molecular weight is 317 g/mol. The van der Waals surface area contributed by atoms with Gasteiger partial charge in [-0.2, -0.15) is 0 Å². The van der Waals surface area contributed by atoms with Crippen LogP contribution in [-0.4, -0.2) is 29.9 Å². The van der Waals surface area contributed by atoms with Crippen LogP contribution in [0.1, 0.15) is 37.8 Å². The average Bonchev–Trinajstić information content (AvgIpc) is 2.84. The normalized spacial score (nSPS) is 20.4. The molecule has 122 valence electrons. The largest absolute Gasteiger partial charge is 0.333 e. The molecule has 5 nitrogen and oxygen atoms in total. The van der Waals surface area contributed by atoms with Crippen LogP contribution in [0.15, 0.2) is 35.5 Å². The minimum atomic E-state index is -0.525. The zero-order valence-electron chi connectivity index (χ0n) is 13.1. The molecular formula is C17H20FN3O2. The summed E-state index contributed by atoms with van der Waals surface area (Å²) in [5.74, 6) is -0.403. The van der Waals surface area contributed by atoms with Gasteiger partial charge in [0.15, 0.2) is 0 Å². The summed E-state index contributed by atoms with van der Waals surface area (Å²) in [6.45, 7) is 3.23. The van der Waals surface area contributed by atoms with Gasteiger partial charge in [0.2, 0.25) is 0 Å². The van der Waals surface area contributed by atoms with E-state index in [0.29, 0.717) is 29.9 Å². The molecule has 1 aromatic rings. The topological polar surface area (TPSA) is 61.4 Å². The molecule has 2 heterocycles. The lowest BCUT2D eigenvalue weighted by molar-refractivity contribution is -0.125. The molecule has 0 saturated carbocycles. The minimum Gasteiger partial charge on any atom is -0.333 e. The van der Waals surface area contributed by atoms with Gasteiger partial charge >= 0.3 is 6.03 Å². The molecule has 23 heavy (non-hydrogen) atoms. The summed E-state index contributed by atoms with van der Waals surface area (Å²) < 4.78 is 13.1. The van der Waals surface area contributed by atoms with Crippen molar-refractivity contribution in [3.05, 3.63) is 46.9 Å². The van der Waals surface area contributed by atoms with Crippen LogP contribution in [0.3, 0.4) is 0 Å². The Morgan fingerprint density at radius 3 is 2.65 bits per heavy atom. The highest BCUT2D eigenvalue weighted by molar-refractivity contribution is 6.01. The first-order chi connectivity index (χ1) is 11.1. The summed E-state index contributed by atoms with van der Waals surface area (Å²) in [6, 6.07) is 5.01. The molecule has 0 bridgehead atoms. The number of amides is 3. The molecule has 1 aromatic carbocycles. The fourth-order valence-electron chi connectivity index (χ4n) is 3.07. The molecule has 3 amide bonds. The third-order valence-electron chi connectivity index (χ3n) is 4.26. The summed E-state index contributed by atoms with van der Waals surface area (Å²) in [5, 5.41) is 5.50. The van der Waals surface area contributed by atoms with Crippen molar-refractivity contribution in [3.8, 4) is 0 Å². The second-order valence-electron chi connectivity index (χ2n) is 5.91. The number of rotatable bonds is 5. The van der Waals surface area contributed by atoms with Crippen molar-refractivity contribution in [3.63, 3.8) is 0 Å². The van der Waals surface area contributed by atoms with Gasteiger partial charge in [0.1, 0.15) is 5.82 Å². The van der Waals surface area contributed by atoms with Gasteiger partial charge in [-0.05, 0) is 24.1 Å². The van der Waals surface area contributed by atoms with Gasteiger partial charge in [-0.15, -0.1) is 0 Å². The number of hydrogen-bond acceptors (Lipinski definition) is 2. The van der Waals surface area contributed by atoms with Crippen LogP contribution in [0, 0.1) is 5.82 Å². The van der Waals surface area contributed by atoms with Gasteiger partial charge in [0.25, 0.3) is 5.91 Å². The lowest BCUT2D eigenvalue weighted by atomic mass is 9.96. The highest BCUT2D eigenvalue weighted by Crippen LogP contribution is 2.32. The third-order valence-corrected chi connectivity index (χ3v) is 4.26. The van der Waals surface area contributed by atoms with Gasteiger partial charge < -0.3 is 15.5 Å². The highest BCUT2D eigenvalue weighted by Gasteiger charge is 2.39. The van der Waals surface area contributed by atoms with Crippen LogP contribution in [0.4, 0.5) is 9.18 Å². The van der Waals surface area contributed by atoms with Crippen molar-refractivity contribution in [2.75, 3.05) is 13.1 Å². The van der Waals surface area contributed by atoms with Crippen molar-refractivity contribution in [2.24, 2.45) is 0 Å². The van der Waals surface area contributed by atoms with E-state index in [-0.39, 0.29) is 17.8 Å². The number of nitrogens with one attached hydrogen (secondary N) is 2. The van der Waals surface area contributed by atoms with E-state index in [4.69, 9.17) is 0 Å². The lowest BCUT2D eigenvalue weighted by Gasteiger charge is -2.25. The maximum absolute atomic E-state index is 13.1. The fraction of sp³-hybridized carbons (Fsp3) is 0.412. The molecule has 2 N–H and O–H groups in total. The standard InChI is InChI=1S/C17H20FN3O2/c1-2-3-4-9-21-10-13-14(16(21)22)15(20-17(23)19-13)11-5-7-12(18)8-6-11/h5-8,15H,2-4,9-10H2,1H3,(H2,19,20,23)/t15-/m1/s1. The molecule has 1 atom stereocenters. The predicted molar refractivity (Wildman–Crippen MR) is 83.9 cm³/mol. The van der Waals surface area contributed by atoms with Crippen LogP contribution in [0.25, 0.3) is 0 Å². The molecule has 0 unspecified atom stereocenters.